The predicted octanol–water partition coefficient (Wildman–Crippen LogP) is -0.852. The number of guanidine groups is 1. The number of benzene rings is 1. The molecule has 0 aliphatic rings. The molecular weight excluding hydrogens is 212 g/mol. The SMILES string of the molecule is N=C(N)NN.O=C(O)C(O)c1ccccc1. The minimum Gasteiger partial charge on any atom is -0.479 e. The average molecular weight is 226 g/mol. The summed E-state index contributed by atoms with van der Waals surface area (Å²) in [4.78, 5) is 10.2. The maximum absolute atomic E-state index is 10.2. The number of carboxylic acids is 1. The molecule has 1 aromatic rings. The van der Waals surface area contributed by atoms with E-state index in [1.807, 2.05) is 5.43 Å². The molecule has 0 fully saturated rings. The fourth-order valence-corrected chi connectivity index (χ4v) is 0.778. The fraction of sp³-hybridized carbons (Fsp3) is 0.111. The van der Waals surface area contributed by atoms with Crippen LogP contribution in [0.5, 0.6) is 0 Å². The van der Waals surface area contributed by atoms with Crippen LogP contribution in [0, 0.1) is 5.41 Å². The first-order valence-electron chi connectivity index (χ1n) is 4.25. The molecule has 1 aromatic carbocycles. The maximum atomic E-state index is 10.2. The molecule has 7 heteroatoms. The van der Waals surface area contributed by atoms with Gasteiger partial charge >= 0.3 is 5.97 Å². The Bertz CT molecular complexity index is 342. The lowest BCUT2D eigenvalue weighted by Gasteiger charge is -2.03. The zero-order chi connectivity index (χ0) is 12.6. The molecule has 0 saturated carbocycles. The molecule has 7 nitrogen and oxygen atoms in total. The molecule has 0 saturated heterocycles. The van der Waals surface area contributed by atoms with E-state index in [1.165, 1.54) is 0 Å². The normalized spacial score (nSPS) is 10.6. The third-order valence-electron chi connectivity index (χ3n) is 1.50. The molecule has 0 aromatic heterocycles. The maximum Gasteiger partial charge on any atom is 0.337 e. The number of aliphatic hydroxyl groups excluding tert-OH is 1. The van der Waals surface area contributed by atoms with Gasteiger partial charge in [-0.2, -0.15) is 0 Å². The molecule has 0 amide bonds. The minimum atomic E-state index is -1.41. The lowest BCUT2D eigenvalue weighted by atomic mass is 10.1. The lowest BCUT2D eigenvalue weighted by molar-refractivity contribution is -0.146. The largest absolute Gasteiger partial charge is 0.479 e. The first-order valence-corrected chi connectivity index (χ1v) is 4.25. The Balaban J connectivity index is 0.000000385. The number of nitrogens with two attached hydrogens (primary N) is 2. The van der Waals surface area contributed by atoms with E-state index in [0.29, 0.717) is 5.56 Å². The summed E-state index contributed by atoms with van der Waals surface area (Å²) in [5.74, 6) is 3.13. The summed E-state index contributed by atoms with van der Waals surface area (Å²) >= 11 is 0. The molecule has 0 heterocycles. The Labute approximate surface area is 92.2 Å². The van der Waals surface area contributed by atoms with Gasteiger partial charge in [-0.15, -0.1) is 0 Å². The lowest BCUT2D eigenvalue weighted by Crippen LogP contribution is -2.35. The average Bonchev–Trinajstić information content (AvgIpc) is 2.29. The number of hydrogen-bond acceptors (Lipinski definition) is 4. The van der Waals surface area contributed by atoms with Crippen molar-refractivity contribution in [1.29, 1.82) is 5.41 Å². The number of carboxylic acid groups (broad SMARTS) is 1. The van der Waals surface area contributed by atoms with E-state index in [0.717, 1.165) is 0 Å². The van der Waals surface area contributed by atoms with E-state index in [1.54, 1.807) is 30.3 Å². The van der Waals surface area contributed by atoms with Gasteiger partial charge in [0.2, 0.25) is 0 Å². The Kier molecular flexibility index (Phi) is 6.25. The van der Waals surface area contributed by atoms with E-state index in [4.69, 9.17) is 15.6 Å². The molecule has 0 radical (unpaired) electrons. The number of rotatable bonds is 2. The van der Waals surface area contributed by atoms with E-state index < -0.39 is 12.1 Å². The second-order valence-electron chi connectivity index (χ2n) is 2.71. The van der Waals surface area contributed by atoms with Gasteiger partial charge < -0.3 is 15.9 Å². The zero-order valence-electron chi connectivity index (χ0n) is 8.42. The van der Waals surface area contributed by atoms with E-state index in [9.17, 15) is 4.79 Å². The summed E-state index contributed by atoms with van der Waals surface area (Å²) in [6, 6.07) is 8.26. The van der Waals surface area contributed by atoms with Crippen molar-refractivity contribution in [2.45, 2.75) is 6.10 Å². The van der Waals surface area contributed by atoms with Crippen LogP contribution >= 0.6 is 0 Å². The molecule has 0 spiro atoms. The standard InChI is InChI=1S/C8H8O3.CH6N4/c9-7(8(10)11)6-4-2-1-3-5-6;2-1(3)5-4/h1-5,7,9H,(H,10,11);4H2,(H4,2,3,5). The van der Waals surface area contributed by atoms with Crippen molar-refractivity contribution in [2.75, 3.05) is 0 Å². The van der Waals surface area contributed by atoms with Crippen molar-refractivity contribution in [2.24, 2.45) is 11.6 Å². The van der Waals surface area contributed by atoms with Crippen molar-refractivity contribution in [3.8, 4) is 0 Å². The highest BCUT2D eigenvalue weighted by Gasteiger charge is 2.14. The first-order chi connectivity index (χ1) is 7.49. The summed E-state index contributed by atoms with van der Waals surface area (Å²) in [6.07, 6.45) is -1.41. The molecule has 1 rings (SSSR count). The van der Waals surface area contributed by atoms with Crippen LogP contribution in [0.15, 0.2) is 30.3 Å². The van der Waals surface area contributed by atoms with Crippen LogP contribution in [-0.2, 0) is 4.79 Å². The van der Waals surface area contributed by atoms with Crippen LogP contribution in [0.2, 0.25) is 0 Å². The van der Waals surface area contributed by atoms with Gasteiger partial charge in [0.05, 0.1) is 0 Å². The predicted molar refractivity (Wildman–Crippen MR) is 58.3 cm³/mol. The van der Waals surface area contributed by atoms with E-state index in [-0.39, 0.29) is 5.96 Å². The van der Waals surface area contributed by atoms with Crippen LogP contribution in [0.1, 0.15) is 11.7 Å². The Morgan fingerprint density at radius 2 is 1.81 bits per heavy atom. The minimum absolute atomic E-state index is 0.218. The molecule has 0 aliphatic heterocycles. The molecule has 0 bridgehead atoms. The molecule has 1 unspecified atom stereocenters. The highest BCUT2D eigenvalue weighted by Crippen LogP contribution is 2.10. The van der Waals surface area contributed by atoms with Gasteiger partial charge in [0.25, 0.3) is 0 Å². The summed E-state index contributed by atoms with van der Waals surface area (Å²) in [5.41, 5.74) is 6.93. The van der Waals surface area contributed by atoms with Gasteiger partial charge in [0, 0.05) is 0 Å². The highest BCUT2D eigenvalue weighted by atomic mass is 16.4. The molecule has 1 atom stereocenters. The third-order valence-corrected chi connectivity index (χ3v) is 1.50. The number of hydrogen-bond donors (Lipinski definition) is 6. The number of nitrogens with one attached hydrogen (secondary N) is 2. The smallest absolute Gasteiger partial charge is 0.337 e. The number of aliphatic carboxylic acids is 1. The number of aliphatic hydroxyl groups is 1. The van der Waals surface area contributed by atoms with Crippen LogP contribution in [0.4, 0.5) is 0 Å². The van der Waals surface area contributed by atoms with Crippen LogP contribution in [0.3, 0.4) is 0 Å². The quantitative estimate of drug-likeness (QED) is 0.167. The van der Waals surface area contributed by atoms with Gasteiger partial charge in [-0.05, 0) is 5.56 Å². The topological polar surface area (TPSA) is 145 Å². The molecule has 16 heavy (non-hydrogen) atoms. The summed E-state index contributed by atoms with van der Waals surface area (Å²) < 4.78 is 0. The van der Waals surface area contributed by atoms with E-state index >= 15 is 0 Å². The summed E-state index contributed by atoms with van der Waals surface area (Å²) in [5, 5.41) is 23.7. The monoisotopic (exact) mass is 226 g/mol. The van der Waals surface area contributed by atoms with Gasteiger partial charge in [0.15, 0.2) is 12.1 Å². The Morgan fingerprint density at radius 3 is 2.12 bits per heavy atom. The zero-order valence-corrected chi connectivity index (χ0v) is 8.42. The highest BCUT2D eigenvalue weighted by molar-refractivity contribution is 5.74. The van der Waals surface area contributed by atoms with Gasteiger partial charge in [-0.1, -0.05) is 30.3 Å². The first kappa shape index (κ1) is 13.9. The summed E-state index contributed by atoms with van der Waals surface area (Å²) in [6.45, 7) is 0. The van der Waals surface area contributed by atoms with Crippen LogP contribution in [0.25, 0.3) is 0 Å². The van der Waals surface area contributed by atoms with Crippen molar-refractivity contribution in [3.05, 3.63) is 35.9 Å². The van der Waals surface area contributed by atoms with Gasteiger partial charge in [0.1, 0.15) is 0 Å². The molecule has 0 aliphatic carbocycles. The van der Waals surface area contributed by atoms with Crippen molar-refractivity contribution >= 4 is 11.9 Å². The third kappa shape index (κ3) is 5.58. The Morgan fingerprint density at radius 1 is 1.38 bits per heavy atom. The van der Waals surface area contributed by atoms with Gasteiger partial charge in [-0.25, -0.2) is 10.6 Å². The number of hydrazine groups is 1. The van der Waals surface area contributed by atoms with Crippen molar-refractivity contribution in [1.82, 2.24) is 5.43 Å². The number of carbonyl (C=O) groups is 1. The van der Waals surface area contributed by atoms with Crippen molar-refractivity contribution < 1.29 is 15.0 Å². The molecule has 88 valence electrons. The van der Waals surface area contributed by atoms with E-state index in [2.05, 4.69) is 11.6 Å². The fourth-order valence-electron chi connectivity index (χ4n) is 0.778. The molecule has 8 N–H and O–H groups in total. The second-order valence-corrected chi connectivity index (χ2v) is 2.71. The van der Waals surface area contributed by atoms with Gasteiger partial charge in [-0.3, -0.25) is 10.8 Å². The van der Waals surface area contributed by atoms with Crippen molar-refractivity contribution in [3.63, 3.8) is 0 Å². The second kappa shape index (κ2) is 7.21. The van der Waals surface area contributed by atoms with Crippen LogP contribution < -0.4 is 17.0 Å². The van der Waals surface area contributed by atoms with Crippen LogP contribution in [-0.4, -0.2) is 22.1 Å². The summed E-state index contributed by atoms with van der Waals surface area (Å²) in [7, 11) is 0. The molecular formula is C9H14N4O3. The Hall–Kier alpha value is -2.12.